The number of esters is 1. The van der Waals surface area contributed by atoms with Crippen LogP contribution in [0.15, 0.2) is 24.3 Å². The maximum atomic E-state index is 12.2. The third-order valence-corrected chi connectivity index (χ3v) is 4.11. The van der Waals surface area contributed by atoms with E-state index in [0.717, 1.165) is 25.9 Å². The second-order valence-electron chi connectivity index (χ2n) is 7.62. The van der Waals surface area contributed by atoms with Crippen LogP contribution in [0.1, 0.15) is 50.4 Å². The first-order chi connectivity index (χ1) is 11.7. The van der Waals surface area contributed by atoms with E-state index in [1.165, 1.54) is 0 Å². The summed E-state index contributed by atoms with van der Waals surface area (Å²) in [5, 5.41) is 6.14. The van der Waals surface area contributed by atoms with Crippen LogP contribution < -0.4 is 16.4 Å². The number of anilines is 1. The van der Waals surface area contributed by atoms with Gasteiger partial charge in [0.05, 0.1) is 11.6 Å². The first-order valence-electron chi connectivity index (χ1n) is 8.85. The van der Waals surface area contributed by atoms with Gasteiger partial charge in [-0.15, -0.1) is 0 Å². The monoisotopic (exact) mass is 347 g/mol. The molecule has 1 fully saturated rings. The third kappa shape index (κ3) is 6.48. The van der Waals surface area contributed by atoms with Gasteiger partial charge < -0.3 is 21.1 Å². The molecule has 0 aliphatic carbocycles. The minimum Gasteiger partial charge on any atom is -0.456 e. The fourth-order valence-electron chi connectivity index (χ4n) is 2.85. The van der Waals surface area contributed by atoms with Crippen LogP contribution in [0.4, 0.5) is 5.69 Å². The number of ether oxygens (including phenoxy) is 1. The Morgan fingerprint density at radius 2 is 2.00 bits per heavy atom. The third-order valence-electron chi connectivity index (χ3n) is 4.11. The number of carbonyl (C=O) groups excluding carboxylic acids is 2. The van der Waals surface area contributed by atoms with Gasteiger partial charge in [-0.1, -0.05) is 0 Å². The number of amides is 1. The molecule has 1 aromatic carbocycles. The predicted molar refractivity (Wildman–Crippen MR) is 98.4 cm³/mol. The van der Waals surface area contributed by atoms with E-state index in [1.807, 2.05) is 20.8 Å². The molecule has 1 saturated heterocycles. The molecule has 1 heterocycles. The highest BCUT2D eigenvalue weighted by Crippen LogP contribution is 2.17. The van der Waals surface area contributed by atoms with Gasteiger partial charge in [-0.3, -0.25) is 4.79 Å². The number of nitrogens with two attached hydrogens (primary N) is 1. The summed E-state index contributed by atoms with van der Waals surface area (Å²) in [7, 11) is 0. The number of hydrogen-bond acceptors (Lipinski definition) is 5. The highest BCUT2D eigenvalue weighted by atomic mass is 16.6. The van der Waals surface area contributed by atoms with E-state index < -0.39 is 11.6 Å². The van der Waals surface area contributed by atoms with Crippen molar-refractivity contribution in [1.82, 2.24) is 5.32 Å². The van der Waals surface area contributed by atoms with Crippen LogP contribution in [-0.2, 0) is 9.53 Å². The van der Waals surface area contributed by atoms with Crippen molar-refractivity contribution in [2.45, 2.75) is 51.7 Å². The van der Waals surface area contributed by atoms with Crippen molar-refractivity contribution >= 4 is 17.6 Å². The summed E-state index contributed by atoms with van der Waals surface area (Å²) >= 11 is 0. The van der Waals surface area contributed by atoms with Crippen molar-refractivity contribution in [2.24, 2.45) is 11.7 Å². The normalized spacial score (nSPS) is 19.1. The number of hydrogen-bond donors (Lipinski definition) is 3. The van der Waals surface area contributed by atoms with Crippen molar-refractivity contribution in [3.63, 3.8) is 0 Å². The van der Waals surface area contributed by atoms with Gasteiger partial charge in [0.25, 0.3) is 0 Å². The van der Waals surface area contributed by atoms with E-state index in [1.54, 1.807) is 24.3 Å². The highest BCUT2D eigenvalue weighted by molar-refractivity contribution is 5.95. The molecule has 2 unspecified atom stereocenters. The SMILES string of the molecule is CC(C)(C)OC(=O)c1ccc(NC(=O)C(N)CC2CCCNC2)cc1. The highest BCUT2D eigenvalue weighted by Gasteiger charge is 2.21. The summed E-state index contributed by atoms with van der Waals surface area (Å²) in [4.78, 5) is 24.2. The van der Waals surface area contributed by atoms with Crippen LogP contribution >= 0.6 is 0 Å². The summed E-state index contributed by atoms with van der Waals surface area (Å²) in [6.45, 7) is 7.43. The molecular formula is C19H29N3O3. The zero-order chi connectivity index (χ0) is 18.4. The molecule has 0 aromatic heterocycles. The maximum Gasteiger partial charge on any atom is 0.338 e. The molecule has 2 atom stereocenters. The van der Waals surface area contributed by atoms with Crippen molar-refractivity contribution in [3.8, 4) is 0 Å². The summed E-state index contributed by atoms with van der Waals surface area (Å²) in [5.74, 6) is -0.133. The topological polar surface area (TPSA) is 93.5 Å². The minimum atomic E-state index is -0.537. The molecule has 1 aromatic rings. The fourth-order valence-corrected chi connectivity index (χ4v) is 2.85. The van der Waals surface area contributed by atoms with Gasteiger partial charge in [-0.2, -0.15) is 0 Å². The quantitative estimate of drug-likeness (QED) is 0.711. The van der Waals surface area contributed by atoms with Crippen molar-refractivity contribution < 1.29 is 14.3 Å². The fraction of sp³-hybridized carbons (Fsp3) is 0.579. The van der Waals surface area contributed by atoms with E-state index in [4.69, 9.17) is 10.5 Å². The van der Waals surface area contributed by atoms with Crippen LogP contribution in [0.5, 0.6) is 0 Å². The molecule has 4 N–H and O–H groups in total. The molecule has 6 nitrogen and oxygen atoms in total. The second-order valence-corrected chi connectivity index (χ2v) is 7.62. The van der Waals surface area contributed by atoms with Gasteiger partial charge in [-0.25, -0.2) is 4.79 Å². The van der Waals surface area contributed by atoms with Gasteiger partial charge in [0.1, 0.15) is 5.60 Å². The molecule has 1 amide bonds. The Hall–Kier alpha value is -1.92. The maximum absolute atomic E-state index is 12.2. The summed E-state index contributed by atoms with van der Waals surface area (Å²) in [5.41, 5.74) is 6.56. The molecule has 2 rings (SSSR count). The Bertz CT molecular complexity index is 587. The van der Waals surface area contributed by atoms with Crippen LogP contribution in [0.25, 0.3) is 0 Å². The Kier molecular flexibility index (Phi) is 6.56. The smallest absolute Gasteiger partial charge is 0.338 e. The molecule has 25 heavy (non-hydrogen) atoms. The van der Waals surface area contributed by atoms with Crippen molar-refractivity contribution in [1.29, 1.82) is 0 Å². The number of nitrogens with one attached hydrogen (secondary N) is 2. The average Bonchev–Trinajstić information content (AvgIpc) is 2.54. The lowest BCUT2D eigenvalue weighted by Crippen LogP contribution is -2.40. The molecule has 138 valence electrons. The first-order valence-corrected chi connectivity index (χ1v) is 8.85. The van der Waals surface area contributed by atoms with Crippen LogP contribution in [0, 0.1) is 5.92 Å². The predicted octanol–water partition coefficient (Wildman–Crippen LogP) is 2.30. The lowest BCUT2D eigenvalue weighted by molar-refractivity contribution is -0.117. The van der Waals surface area contributed by atoms with Crippen LogP contribution in [-0.4, -0.2) is 36.6 Å². The molecule has 0 bridgehead atoms. The summed E-state index contributed by atoms with van der Waals surface area (Å²) in [6, 6.07) is 6.12. The van der Waals surface area contributed by atoms with Gasteiger partial charge in [-0.05, 0) is 83.3 Å². The van der Waals surface area contributed by atoms with Gasteiger partial charge in [0.2, 0.25) is 5.91 Å². The molecular weight excluding hydrogens is 318 g/mol. The van der Waals surface area contributed by atoms with E-state index in [9.17, 15) is 9.59 Å². The summed E-state index contributed by atoms with van der Waals surface area (Å²) < 4.78 is 5.32. The summed E-state index contributed by atoms with van der Waals surface area (Å²) in [6.07, 6.45) is 2.92. The Morgan fingerprint density at radius 1 is 1.32 bits per heavy atom. The van der Waals surface area contributed by atoms with Crippen LogP contribution in [0.2, 0.25) is 0 Å². The van der Waals surface area contributed by atoms with E-state index in [-0.39, 0.29) is 11.9 Å². The number of rotatable bonds is 5. The Balaban J connectivity index is 1.87. The zero-order valence-electron chi connectivity index (χ0n) is 15.3. The van der Waals surface area contributed by atoms with Gasteiger partial charge in [0, 0.05) is 5.69 Å². The molecule has 1 aliphatic rings. The zero-order valence-corrected chi connectivity index (χ0v) is 15.3. The number of piperidine rings is 1. The van der Waals surface area contributed by atoms with Gasteiger partial charge >= 0.3 is 5.97 Å². The van der Waals surface area contributed by atoms with Crippen LogP contribution in [0.3, 0.4) is 0 Å². The molecule has 0 radical (unpaired) electrons. The Morgan fingerprint density at radius 3 is 2.56 bits per heavy atom. The van der Waals surface area contributed by atoms with Gasteiger partial charge in [0.15, 0.2) is 0 Å². The lowest BCUT2D eigenvalue weighted by atomic mass is 9.92. The Labute approximate surface area is 149 Å². The van der Waals surface area contributed by atoms with E-state index >= 15 is 0 Å². The van der Waals surface area contributed by atoms with E-state index in [0.29, 0.717) is 23.6 Å². The largest absolute Gasteiger partial charge is 0.456 e. The second kappa shape index (κ2) is 8.45. The average molecular weight is 347 g/mol. The lowest BCUT2D eigenvalue weighted by Gasteiger charge is -2.25. The number of benzene rings is 1. The van der Waals surface area contributed by atoms with Crippen molar-refractivity contribution in [2.75, 3.05) is 18.4 Å². The molecule has 6 heteroatoms. The number of carbonyl (C=O) groups is 2. The van der Waals surface area contributed by atoms with Crippen molar-refractivity contribution in [3.05, 3.63) is 29.8 Å². The van der Waals surface area contributed by atoms with E-state index in [2.05, 4.69) is 10.6 Å². The molecule has 0 saturated carbocycles. The molecule has 1 aliphatic heterocycles. The minimum absolute atomic E-state index is 0.199. The first kappa shape index (κ1) is 19.4. The standard InChI is InChI=1S/C19H29N3O3/c1-19(2,3)25-18(24)14-6-8-15(9-7-14)22-17(23)16(20)11-13-5-4-10-21-12-13/h6-9,13,16,21H,4-5,10-12,20H2,1-3H3,(H,22,23). The molecule has 0 spiro atoms.